The van der Waals surface area contributed by atoms with E-state index in [0.29, 0.717) is 24.3 Å². The number of benzene rings is 1. The molecule has 132 valence electrons. The summed E-state index contributed by atoms with van der Waals surface area (Å²) in [6.07, 6.45) is 4.04. The first kappa shape index (κ1) is 17.7. The van der Waals surface area contributed by atoms with Gasteiger partial charge in [0, 0.05) is 37.1 Å². The Kier molecular flexibility index (Phi) is 5.35. The van der Waals surface area contributed by atoms with E-state index in [4.69, 9.17) is 4.74 Å². The van der Waals surface area contributed by atoms with Gasteiger partial charge in [0.15, 0.2) is 0 Å². The fourth-order valence-corrected chi connectivity index (χ4v) is 2.81. The van der Waals surface area contributed by atoms with E-state index in [9.17, 15) is 4.79 Å². The maximum atomic E-state index is 12.2. The number of pyridine rings is 1. The molecule has 1 aromatic carbocycles. The highest BCUT2D eigenvalue weighted by Gasteiger charge is 2.12. The van der Waals surface area contributed by atoms with Crippen LogP contribution in [-0.2, 0) is 11.2 Å². The highest BCUT2D eigenvalue weighted by Crippen LogP contribution is 2.15. The Hall–Kier alpha value is -3.10. The molecule has 0 atom stereocenters. The van der Waals surface area contributed by atoms with Crippen LogP contribution in [0.25, 0.3) is 5.69 Å². The minimum absolute atomic E-state index is 0.111. The summed E-state index contributed by atoms with van der Waals surface area (Å²) >= 11 is 0. The topological polar surface area (TPSA) is 59.9 Å². The van der Waals surface area contributed by atoms with Crippen molar-refractivity contribution < 1.29 is 4.74 Å². The second-order valence-corrected chi connectivity index (χ2v) is 6.08. The van der Waals surface area contributed by atoms with Crippen molar-refractivity contribution in [1.29, 1.82) is 0 Å². The average Bonchev–Trinajstić information content (AvgIpc) is 2.99. The van der Waals surface area contributed by atoms with Crippen molar-refractivity contribution in [3.05, 3.63) is 81.3 Å². The third kappa shape index (κ3) is 3.93. The largest absolute Gasteiger partial charge is 0.384 e. The summed E-state index contributed by atoms with van der Waals surface area (Å²) in [6.45, 7) is 4.42. The number of ether oxygens (including phenoxy) is 1. The molecule has 3 rings (SSSR count). The Labute approximate surface area is 152 Å². The number of rotatable bonds is 4. The molecule has 1 N–H and O–H groups in total. The van der Waals surface area contributed by atoms with Crippen LogP contribution >= 0.6 is 0 Å². The highest BCUT2D eigenvalue weighted by molar-refractivity contribution is 5.45. The molecule has 2 heterocycles. The molecule has 2 aromatic heterocycles. The normalized spacial score (nSPS) is 10.4. The predicted molar refractivity (Wildman–Crippen MR) is 102 cm³/mol. The molecule has 3 aromatic rings. The summed E-state index contributed by atoms with van der Waals surface area (Å²) in [5, 5.41) is 0. The van der Waals surface area contributed by atoms with Crippen LogP contribution in [0.3, 0.4) is 0 Å². The lowest BCUT2D eigenvalue weighted by atomic mass is 10.1. The van der Waals surface area contributed by atoms with Crippen LogP contribution in [0.15, 0.2) is 47.5 Å². The monoisotopic (exact) mass is 347 g/mol. The van der Waals surface area contributed by atoms with Crippen LogP contribution in [0.4, 0.5) is 0 Å². The van der Waals surface area contributed by atoms with Crippen molar-refractivity contribution in [1.82, 2.24) is 14.5 Å². The molecule has 0 aliphatic heterocycles. The Morgan fingerprint density at radius 3 is 2.85 bits per heavy atom. The lowest BCUT2D eigenvalue weighted by molar-refractivity contribution is 0.202. The SMILES string of the molecule is COCCc1c(-n2cc(C#Cc3cccc(C)c3)nc2C)cc[nH]c1=O. The number of imidazole rings is 1. The summed E-state index contributed by atoms with van der Waals surface area (Å²) in [5.74, 6) is 7.02. The van der Waals surface area contributed by atoms with Gasteiger partial charge in [-0.1, -0.05) is 18.1 Å². The van der Waals surface area contributed by atoms with Crippen molar-refractivity contribution in [2.45, 2.75) is 20.3 Å². The van der Waals surface area contributed by atoms with Gasteiger partial charge in [-0.25, -0.2) is 4.98 Å². The van der Waals surface area contributed by atoms with Crippen molar-refractivity contribution >= 4 is 0 Å². The van der Waals surface area contributed by atoms with Crippen LogP contribution in [-0.4, -0.2) is 28.3 Å². The van der Waals surface area contributed by atoms with Crippen molar-refractivity contribution in [2.24, 2.45) is 0 Å². The van der Waals surface area contributed by atoms with Crippen LogP contribution in [0, 0.1) is 25.7 Å². The van der Waals surface area contributed by atoms with E-state index in [-0.39, 0.29) is 5.56 Å². The molecular weight excluding hydrogens is 326 g/mol. The van der Waals surface area contributed by atoms with Gasteiger partial charge in [0.1, 0.15) is 11.5 Å². The Bertz CT molecular complexity index is 1040. The molecule has 0 aliphatic carbocycles. The van der Waals surface area contributed by atoms with Crippen LogP contribution in [0.5, 0.6) is 0 Å². The van der Waals surface area contributed by atoms with Gasteiger partial charge in [0.05, 0.1) is 12.3 Å². The molecule has 0 aliphatic rings. The zero-order valence-corrected chi connectivity index (χ0v) is 15.2. The molecule has 0 saturated heterocycles. The second-order valence-electron chi connectivity index (χ2n) is 6.08. The van der Waals surface area contributed by atoms with Gasteiger partial charge >= 0.3 is 0 Å². The molecule has 0 radical (unpaired) electrons. The van der Waals surface area contributed by atoms with E-state index in [0.717, 1.165) is 17.1 Å². The minimum atomic E-state index is -0.111. The molecule has 5 nitrogen and oxygen atoms in total. The molecule has 0 spiro atoms. The van der Waals surface area contributed by atoms with Crippen molar-refractivity contribution in [3.8, 4) is 17.5 Å². The van der Waals surface area contributed by atoms with E-state index in [1.54, 1.807) is 13.3 Å². The first-order valence-electron chi connectivity index (χ1n) is 8.43. The number of nitrogens with one attached hydrogen (secondary N) is 1. The summed E-state index contributed by atoms with van der Waals surface area (Å²) in [5.41, 5.74) is 4.16. The van der Waals surface area contributed by atoms with E-state index >= 15 is 0 Å². The van der Waals surface area contributed by atoms with Crippen molar-refractivity contribution in [2.75, 3.05) is 13.7 Å². The maximum absolute atomic E-state index is 12.2. The zero-order chi connectivity index (χ0) is 18.5. The summed E-state index contributed by atoms with van der Waals surface area (Å²) < 4.78 is 7.03. The molecule has 0 amide bonds. The average molecular weight is 347 g/mol. The van der Waals surface area contributed by atoms with Gasteiger partial charge in [-0.3, -0.25) is 4.79 Å². The standard InChI is InChI=1S/C21H21N3O2/c1-15-5-4-6-17(13-15)7-8-18-14-24(16(2)23-18)20-9-11-22-21(25)19(20)10-12-26-3/h4-6,9,11,13-14H,10,12H2,1-3H3,(H,22,25). The lowest BCUT2D eigenvalue weighted by Gasteiger charge is -2.10. The molecule has 26 heavy (non-hydrogen) atoms. The first-order chi connectivity index (χ1) is 12.6. The first-order valence-corrected chi connectivity index (χ1v) is 8.43. The number of hydrogen-bond acceptors (Lipinski definition) is 3. The Morgan fingerprint density at radius 2 is 2.08 bits per heavy atom. The third-order valence-corrected chi connectivity index (χ3v) is 4.09. The number of aromatic amines is 1. The van der Waals surface area contributed by atoms with E-state index in [1.807, 2.05) is 54.9 Å². The van der Waals surface area contributed by atoms with E-state index in [1.165, 1.54) is 5.56 Å². The number of nitrogens with zero attached hydrogens (tertiary/aromatic N) is 2. The van der Waals surface area contributed by atoms with Gasteiger partial charge in [0.25, 0.3) is 5.56 Å². The predicted octanol–water partition coefficient (Wildman–Crippen LogP) is 2.77. The van der Waals surface area contributed by atoms with Crippen LogP contribution in [0.1, 0.15) is 28.2 Å². The number of methoxy groups -OCH3 is 1. The summed E-state index contributed by atoms with van der Waals surface area (Å²) in [4.78, 5) is 19.5. The van der Waals surface area contributed by atoms with Crippen LogP contribution in [0.2, 0.25) is 0 Å². The van der Waals surface area contributed by atoms with E-state index < -0.39 is 0 Å². The van der Waals surface area contributed by atoms with Gasteiger partial charge in [0.2, 0.25) is 0 Å². The van der Waals surface area contributed by atoms with E-state index in [2.05, 4.69) is 21.8 Å². The summed E-state index contributed by atoms with van der Waals surface area (Å²) in [6, 6.07) is 9.92. The highest BCUT2D eigenvalue weighted by atomic mass is 16.5. The number of aryl methyl sites for hydroxylation is 2. The lowest BCUT2D eigenvalue weighted by Crippen LogP contribution is -2.17. The van der Waals surface area contributed by atoms with Crippen molar-refractivity contribution in [3.63, 3.8) is 0 Å². The molecule has 0 fully saturated rings. The summed E-state index contributed by atoms with van der Waals surface area (Å²) in [7, 11) is 1.62. The zero-order valence-electron chi connectivity index (χ0n) is 15.2. The minimum Gasteiger partial charge on any atom is -0.384 e. The molecule has 5 heteroatoms. The Morgan fingerprint density at radius 1 is 1.23 bits per heavy atom. The molecule has 0 bridgehead atoms. The molecule has 0 unspecified atom stereocenters. The third-order valence-electron chi connectivity index (χ3n) is 4.09. The molecular formula is C21H21N3O2. The second kappa shape index (κ2) is 7.85. The number of H-pyrrole nitrogens is 1. The van der Waals surface area contributed by atoms with Gasteiger partial charge < -0.3 is 14.3 Å². The number of aromatic nitrogens is 3. The maximum Gasteiger partial charge on any atom is 0.253 e. The van der Waals surface area contributed by atoms with Gasteiger partial charge in [-0.15, -0.1) is 0 Å². The molecule has 0 saturated carbocycles. The fraction of sp³-hybridized carbons (Fsp3) is 0.238. The quantitative estimate of drug-likeness (QED) is 0.738. The Balaban J connectivity index is 1.97. The van der Waals surface area contributed by atoms with Gasteiger partial charge in [-0.05, 0) is 43.5 Å². The number of hydrogen-bond donors (Lipinski definition) is 1. The van der Waals surface area contributed by atoms with Gasteiger partial charge in [-0.2, -0.15) is 0 Å². The smallest absolute Gasteiger partial charge is 0.253 e. The fourth-order valence-electron chi connectivity index (χ4n) is 2.81. The van der Waals surface area contributed by atoms with Crippen LogP contribution < -0.4 is 5.56 Å².